The van der Waals surface area contributed by atoms with Gasteiger partial charge in [-0.25, -0.2) is 9.97 Å². The highest BCUT2D eigenvalue weighted by Gasteiger charge is 2.28. The van der Waals surface area contributed by atoms with Gasteiger partial charge in [0.2, 0.25) is 0 Å². The molecule has 0 radical (unpaired) electrons. The minimum Gasteiger partial charge on any atom is -0.360 e. The molecule has 1 atom stereocenters. The summed E-state index contributed by atoms with van der Waals surface area (Å²) in [5.74, 6) is 0.534. The fraction of sp³-hybridized carbons (Fsp3) is 0.353. The average Bonchev–Trinajstić information content (AvgIpc) is 3.27. The summed E-state index contributed by atoms with van der Waals surface area (Å²) in [7, 11) is 0. The molecule has 1 unspecified atom stereocenters. The molecule has 1 fully saturated rings. The molecule has 1 aliphatic heterocycles. The zero-order valence-corrected chi connectivity index (χ0v) is 13.8. The number of amides is 1. The van der Waals surface area contributed by atoms with Crippen molar-refractivity contribution in [1.29, 1.82) is 0 Å². The molecule has 1 saturated heterocycles. The number of carbonyl (C=O) groups excluding carboxylic acids is 1. The number of nitrogens with one attached hydrogen (secondary N) is 1. The molecular weight excluding hydrogens is 308 g/mol. The predicted octanol–water partition coefficient (Wildman–Crippen LogP) is 3.03. The normalized spacial score (nSPS) is 18.0. The maximum absolute atomic E-state index is 12.7. The van der Waals surface area contributed by atoms with E-state index in [4.69, 9.17) is 0 Å². The number of fused-ring (bicyclic) bond motifs is 1. The van der Waals surface area contributed by atoms with Crippen molar-refractivity contribution in [2.24, 2.45) is 5.92 Å². The van der Waals surface area contributed by atoms with Gasteiger partial charge in [-0.3, -0.25) is 4.79 Å². The molecule has 0 spiro atoms. The third-order valence-corrected chi connectivity index (χ3v) is 5.32. The monoisotopic (exact) mass is 326 g/mol. The van der Waals surface area contributed by atoms with E-state index < -0.39 is 0 Å². The van der Waals surface area contributed by atoms with Crippen LogP contribution in [0, 0.1) is 12.8 Å². The fourth-order valence-electron chi connectivity index (χ4n) is 3.14. The van der Waals surface area contributed by atoms with Crippen LogP contribution in [-0.2, 0) is 6.42 Å². The Hall–Kier alpha value is -2.21. The number of likely N-dealkylation sites (tertiary alicyclic amines) is 1. The number of H-pyrrole nitrogens is 1. The highest BCUT2D eigenvalue weighted by molar-refractivity contribution is 7.09. The van der Waals surface area contributed by atoms with Crippen LogP contribution in [0.2, 0.25) is 0 Å². The molecular formula is C17H18N4OS. The van der Waals surface area contributed by atoms with Crippen molar-refractivity contribution in [3.8, 4) is 0 Å². The van der Waals surface area contributed by atoms with Crippen LogP contribution in [0.4, 0.5) is 0 Å². The van der Waals surface area contributed by atoms with Crippen LogP contribution in [0.5, 0.6) is 0 Å². The van der Waals surface area contributed by atoms with Crippen LogP contribution in [0.25, 0.3) is 11.0 Å². The molecule has 0 aliphatic carbocycles. The van der Waals surface area contributed by atoms with E-state index in [1.165, 1.54) is 5.01 Å². The average molecular weight is 326 g/mol. The van der Waals surface area contributed by atoms with Crippen molar-refractivity contribution in [3.63, 3.8) is 0 Å². The van der Waals surface area contributed by atoms with Gasteiger partial charge >= 0.3 is 0 Å². The van der Waals surface area contributed by atoms with Gasteiger partial charge < -0.3 is 9.88 Å². The van der Waals surface area contributed by atoms with Gasteiger partial charge in [-0.1, -0.05) is 0 Å². The second kappa shape index (κ2) is 5.77. The number of aromatic amines is 1. The van der Waals surface area contributed by atoms with Crippen LogP contribution < -0.4 is 0 Å². The van der Waals surface area contributed by atoms with Gasteiger partial charge in [0, 0.05) is 36.8 Å². The van der Waals surface area contributed by atoms with Crippen LogP contribution in [-0.4, -0.2) is 38.8 Å². The lowest BCUT2D eigenvalue weighted by molar-refractivity contribution is 0.0781. The van der Waals surface area contributed by atoms with Gasteiger partial charge in [0.25, 0.3) is 5.91 Å². The molecule has 1 aliphatic rings. The van der Waals surface area contributed by atoms with Gasteiger partial charge in [-0.05, 0) is 37.5 Å². The molecule has 3 aromatic heterocycles. The molecule has 5 nitrogen and oxygen atoms in total. The maximum atomic E-state index is 12.7. The summed E-state index contributed by atoms with van der Waals surface area (Å²) in [6.07, 6.45) is 3.84. The Morgan fingerprint density at radius 2 is 2.30 bits per heavy atom. The van der Waals surface area contributed by atoms with Crippen LogP contribution in [0.1, 0.15) is 27.6 Å². The van der Waals surface area contributed by atoms with Crippen molar-refractivity contribution in [3.05, 3.63) is 46.2 Å². The molecule has 1 amide bonds. The van der Waals surface area contributed by atoms with Crippen LogP contribution in [0.3, 0.4) is 0 Å². The maximum Gasteiger partial charge on any atom is 0.272 e. The summed E-state index contributed by atoms with van der Waals surface area (Å²) >= 11 is 1.71. The smallest absolute Gasteiger partial charge is 0.272 e. The number of rotatable bonds is 3. The summed E-state index contributed by atoms with van der Waals surface area (Å²) in [4.78, 5) is 26.7. The Balaban J connectivity index is 1.45. The standard InChI is InChI=1S/C17H18N4OS/c1-11-10-23-16(19-11)8-12-5-7-21(9-12)17(22)15-3-2-13-14(20-15)4-6-18-13/h2-4,6,10,12,18H,5,7-9H2,1H3. The predicted molar refractivity (Wildman–Crippen MR) is 90.7 cm³/mol. The van der Waals surface area contributed by atoms with Crippen molar-refractivity contribution < 1.29 is 4.79 Å². The zero-order chi connectivity index (χ0) is 15.8. The second-order valence-electron chi connectivity index (χ2n) is 6.10. The number of carbonyl (C=O) groups is 1. The van der Waals surface area contributed by atoms with Gasteiger partial charge in [0.15, 0.2) is 0 Å². The number of pyridine rings is 1. The number of aryl methyl sites for hydroxylation is 1. The minimum absolute atomic E-state index is 0.0333. The summed E-state index contributed by atoms with van der Waals surface area (Å²) in [6.45, 7) is 3.62. The highest BCUT2D eigenvalue weighted by atomic mass is 32.1. The van der Waals surface area contributed by atoms with E-state index >= 15 is 0 Å². The SMILES string of the molecule is Cc1csc(CC2CCN(C(=O)c3ccc4[nH]ccc4n3)C2)n1. The van der Waals surface area contributed by atoms with E-state index in [2.05, 4.69) is 20.3 Å². The Morgan fingerprint density at radius 3 is 3.13 bits per heavy atom. The van der Waals surface area contributed by atoms with E-state index in [1.54, 1.807) is 17.4 Å². The van der Waals surface area contributed by atoms with Crippen molar-refractivity contribution in [1.82, 2.24) is 19.9 Å². The molecule has 0 bridgehead atoms. The number of hydrogen-bond acceptors (Lipinski definition) is 4. The molecule has 0 aromatic carbocycles. The quantitative estimate of drug-likeness (QED) is 0.805. The molecule has 1 N–H and O–H groups in total. The van der Waals surface area contributed by atoms with E-state index in [1.807, 2.05) is 30.2 Å². The third kappa shape index (κ3) is 2.86. The first kappa shape index (κ1) is 14.4. The van der Waals surface area contributed by atoms with Crippen molar-refractivity contribution in [2.45, 2.75) is 19.8 Å². The Labute approximate surface area is 138 Å². The molecule has 23 heavy (non-hydrogen) atoms. The van der Waals surface area contributed by atoms with Crippen LogP contribution in [0.15, 0.2) is 29.8 Å². The lowest BCUT2D eigenvalue weighted by Crippen LogP contribution is -2.29. The second-order valence-corrected chi connectivity index (χ2v) is 7.04. The highest BCUT2D eigenvalue weighted by Crippen LogP contribution is 2.24. The first-order chi connectivity index (χ1) is 11.2. The molecule has 0 saturated carbocycles. The lowest BCUT2D eigenvalue weighted by Gasteiger charge is -2.15. The number of nitrogens with zero attached hydrogens (tertiary/aromatic N) is 3. The van der Waals surface area contributed by atoms with E-state index in [-0.39, 0.29) is 5.91 Å². The van der Waals surface area contributed by atoms with Crippen molar-refractivity contribution in [2.75, 3.05) is 13.1 Å². The summed E-state index contributed by atoms with van der Waals surface area (Å²) in [5.41, 5.74) is 3.41. The summed E-state index contributed by atoms with van der Waals surface area (Å²) in [5, 5.41) is 3.26. The lowest BCUT2D eigenvalue weighted by atomic mass is 10.1. The Kier molecular flexibility index (Phi) is 3.61. The summed E-state index contributed by atoms with van der Waals surface area (Å²) in [6, 6.07) is 5.61. The van der Waals surface area contributed by atoms with Crippen LogP contribution >= 0.6 is 11.3 Å². The first-order valence-corrected chi connectivity index (χ1v) is 8.71. The van der Waals surface area contributed by atoms with Gasteiger partial charge in [-0.15, -0.1) is 11.3 Å². The first-order valence-electron chi connectivity index (χ1n) is 7.83. The third-order valence-electron chi connectivity index (χ3n) is 4.33. The van der Waals surface area contributed by atoms with E-state index in [0.717, 1.165) is 42.7 Å². The Morgan fingerprint density at radius 1 is 1.39 bits per heavy atom. The molecule has 6 heteroatoms. The molecule has 3 aromatic rings. The van der Waals surface area contributed by atoms with Gasteiger partial charge in [-0.2, -0.15) is 0 Å². The largest absolute Gasteiger partial charge is 0.360 e. The number of aromatic nitrogens is 3. The molecule has 118 valence electrons. The zero-order valence-electron chi connectivity index (χ0n) is 13.0. The topological polar surface area (TPSA) is 61.9 Å². The van der Waals surface area contributed by atoms with Gasteiger partial charge in [0.05, 0.1) is 16.0 Å². The fourth-order valence-corrected chi connectivity index (χ4v) is 4.03. The minimum atomic E-state index is 0.0333. The van der Waals surface area contributed by atoms with E-state index in [0.29, 0.717) is 11.6 Å². The molecule has 4 rings (SSSR count). The van der Waals surface area contributed by atoms with Gasteiger partial charge in [0.1, 0.15) is 5.69 Å². The van der Waals surface area contributed by atoms with E-state index in [9.17, 15) is 4.79 Å². The number of hydrogen-bond donors (Lipinski definition) is 1. The molecule has 4 heterocycles. The Bertz CT molecular complexity index is 853. The number of thiazole rings is 1. The summed E-state index contributed by atoms with van der Waals surface area (Å²) < 4.78 is 0. The van der Waals surface area contributed by atoms with Crippen molar-refractivity contribution >= 4 is 28.3 Å².